The first-order valence-corrected chi connectivity index (χ1v) is 9.96. The Morgan fingerprint density at radius 2 is 1.89 bits per heavy atom. The van der Waals surface area contributed by atoms with Gasteiger partial charge in [-0.05, 0) is 62.1 Å². The SMILES string of the molecule is Cc1cc(NC(=O)C2CC2)sc1C(=O)Nc1ccc(N2CCCC2=O)cc1. The Morgan fingerprint density at radius 3 is 2.52 bits per heavy atom. The minimum atomic E-state index is -0.200. The number of benzene rings is 1. The van der Waals surface area contributed by atoms with Crippen molar-refractivity contribution in [3.05, 3.63) is 40.8 Å². The molecule has 2 heterocycles. The van der Waals surface area contributed by atoms with E-state index in [4.69, 9.17) is 0 Å². The van der Waals surface area contributed by atoms with Gasteiger partial charge in [0.1, 0.15) is 0 Å². The summed E-state index contributed by atoms with van der Waals surface area (Å²) in [5.41, 5.74) is 2.36. The lowest BCUT2D eigenvalue weighted by Gasteiger charge is -2.16. The molecule has 0 spiro atoms. The number of amides is 3. The highest BCUT2D eigenvalue weighted by molar-refractivity contribution is 7.18. The van der Waals surface area contributed by atoms with Crippen molar-refractivity contribution in [3.63, 3.8) is 0 Å². The van der Waals surface area contributed by atoms with Gasteiger partial charge in [0.15, 0.2) is 0 Å². The molecular weight excluding hydrogens is 362 g/mol. The summed E-state index contributed by atoms with van der Waals surface area (Å²) in [5, 5.41) is 6.48. The summed E-state index contributed by atoms with van der Waals surface area (Å²) in [7, 11) is 0. The molecule has 2 aromatic rings. The number of rotatable bonds is 5. The van der Waals surface area contributed by atoms with Crippen LogP contribution in [0.15, 0.2) is 30.3 Å². The van der Waals surface area contributed by atoms with E-state index < -0.39 is 0 Å². The second-order valence-corrected chi connectivity index (χ2v) is 8.09. The van der Waals surface area contributed by atoms with E-state index in [9.17, 15) is 14.4 Å². The molecule has 2 fully saturated rings. The molecule has 0 unspecified atom stereocenters. The van der Waals surface area contributed by atoms with Gasteiger partial charge in [-0.15, -0.1) is 11.3 Å². The largest absolute Gasteiger partial charge is 0.321 e. The van der Waals surface area contributed by atoms with Crippen LogP contribution >= 0.6 is 11.3 Å². The number of thiophene rings is 1. The zero-order valence-corrected chi connectivity index (χ0v) is 15.9. The van der Waals surface area contributed by atoms with Crippen LogP contribution in [0, 0.1) is 12.8 Å². The molecule has 27 heavy (non-hydrogen) atoms. The average molecular weight is 383 g/mol. The van der Waals surface area contributed by atoms with Crippen molar-refractivity contribution in [2.24, 2.45) is 5.92 Å². The Bertz CT molecular complexity index is 900. The number of carbonyl (C=O) groups is 3. The van der Waals surface area contributed by atoms with E-state index >= 15 is 0 Å². The van der Waals surface area contributed by atoms with E-state index in [1.54, 1.807) is 17.0 Å². The number of hydrogen-bond donors (Lipinski definition) is 2. The molecule has 2 N–H and O–H groups in total. The molecule has 140 valence electrons. The summed E-state index contributed by atoms with van der Waals surface area (Å²) in [6.45, 7) is 2.61. The standard InChI is InChI=1S/C20H21N3O3S/c1-12-11-16(22-19(25)13-4-5-13)27-18(12)20(26)21-14-6-8-15(9-7-14)23-10-2-3-17(23)24/h6-9,11,13H,2-5,10H2,1H3,(H,21,26)(H,22,25). The van der Waals surface area contributed by atoms with Crippen molar-refractivity contribution in [2.45, 2.75) is 32.6 Å². The van der Waals surface area contributed by atoms with Crippen LogP contribution in [0.3, 0.4) is 0 Å². The van der Waals surface area contributed by atoms with Crippen LogP contribution in [-0.4, -0.2) is 24.3 Å². The molecule has 6 nitrogen and oxygen atoms in total. The monoisotopic (exact) mass is 383 g/mol. The van der Waals surface area contributed by atoms with Gasteiger partial charge in [0, 0.05) is 30.3 Å². The molecule has 4 rings (SSSR count). The van der Waals surface area contributed by atoms with E-state index in [1.165, 1.54) is 11.3 Å². The van der Waals surface area contributed by atoms with Crippen molar-refractivity contribution in [2.75, 3.05) is 22.1 Å². The molecule has 1 aliphatic carbocycles. The van der Waals surface area contributed by atoms with Gasteiger partial charge < -0.3 is 15.5 Å². The van der Waals surface area contributed by atoms with E-state index in [2.05, 4.69) is 10.6 Å². The molecule has 1 aromatic carbocycles. The molecular formula is C20H21N3O3S. The molecule has 2 aliphatic rings. The van der Waals surface area contributed by atoms with Gasteiger partial charge in [-0.3, -0.25) is 14.4 Å². The number of aryl methyl sites for hydroxylation is 1. The lowest BCUT2D eigenvalue weighted by atomic mass is 10.2. The van der Waals surface area contributed by atoms with Crippen LogP contribution in [0.25, 0.3) is 0 Å². The van der Waals surface area contributed by atoms with Gasteiger partial charge >= 0.3 is 0 Å². The first-order valence-electron chi connectivity index (χ1n) is 9.14. The lowest BCUT2D eigenvalue weighted by molar-refractivity contribution is -0.118. The summed E-state index contributed by atoms with van der Waals surface area (Å²) in [4.78, 5) is 38.6. The predicted octanol–water partition coefficient (Wildman–Crippen LogP) is 3.78. The Kier molecular flexibility index (Phi) is 4.70. The molecule has 0 radical (unpaired) electrons. The Morgan fingerprint density at radius 1 is 1.15 bits per heavy atom. The number of nitrogens with zero attached hydrogens (tertiary/aromatic N) is 1. The second-order valence-electron chi connectivity index (χ2n) is 7.04. The highest BCUT2D eigenvalue weighted by Crippen LogP contribution is 2.33. The van der Waals surface area contributed by atoms with Crippen molar-refractivity contribution in [3.8, 4) is 0 Å². The van der Waals surface area contributed by atoms with E-state index in [0.29, 0.717) is 22.0 Å². The molecule has 7 heteroatoms. The summed E-state index contributed by atoms with van der Waals surface area (Å²) in [6.07, 6.45) is 3.37. The molecule has 0 atom stereocenters. The van der Waals surface area contributed by atoms with Crippen LogP contribution in [0.2, 0.25) is 0 Å². The maximum Gasteiger partial charge on any atom is 0.266 e. The van der Waals surface area contributed by atoms with Crippen molar-refractivity contribution in [1.29, 1.82) is 0 Å². The minimum Gasteiger partial charge on any atom is -0.321 e. The smallest absolute Gasteiger partial charge is 0.266 e. The zero-order chi connectivity index (χ0) is 19.0. The van der Waals surface area contributed by atoms with E-state index in [0.717, 1.165) is 37.1 Å². The fourth-order valence-electron chi connectivity index (χ4n) is 3.17. The summed E-state index contributed by atoms with van der Waals surface area (Å²) in [6, 6.07) is 9.14. The Labute approximate surface area is 161 Å². The second kappa shape index (κ2) is 7.15. The number of nitrogens with one attached hydrogen (secondary N) is 2. The predicted molar refractivity (Wildman–Crippen MR) is 106 cm³/mol. The third kappa shape index (κ3) is 3.88. The van der Waals surface area contributed by atoms with Gasteiger partial charge in [0.25, 0.3) is 5.91 Å². The molecule has 1 saturated carbocycles. The fourth-order valence-corrected chi connectivity index (χ4v) is 4.14. The van der Waals surface area contributed by atoms with Crippen LogP contribution < -0.4 is 15.5 Å². The third-order valence-corrected chi connectivity index (χ3v) is 5.98. The summed E-state index contributed by atoms with van der Waals surface area (Å²) >= 11 is 1.29. The highest BCUT2D eigenvalue weighted by Gasteiger charge is 2.30. The molecule has 0 bridgehead atoms. The van der Waals surface area contributed by atoms with Gasteiger partial charge in [-0.25, -0.2) is 0 Å². The van der Waals surface area contributed by atoms with Crippen molar-refractivity contribution in [1.82, 2.24) is 0 Å². The lowest BCUT2D eigenvalue weighted by Crippen LogP contribution is -2.23. The van der Waals surface area contributed by atoms with Crippen LogP contribution in [0.1, 0.15) is 40.9 Å². The minimum absolute atomic E-state index is 0.0373. The third-order valence-electron chi connectivity index (χ3n) is 4.83. The fraction of sp³-hybridized carbons (Fsp3) is 0.350. The summed E-state index contributed by atoms with van der Waals surface area (Å²) in [5.74, 6) is 0.108. The first-order chi connectivity index (χ1) is 13.0. The zero-order valence-electron chi connectivity index (χ0n) is 15.1. The molecule has 1 aliphatic heterocycles. The van der Waals surface area contributed by atoms with Gasteiger partial charge in [-0.2, -0.15) is 0 Å². The van der Waals surface area contributed by atoms with Gasteiger partial charge in [0.2, 0.25) is 11.8 Å². The van der Waals surface area contributed by atoms with E-state index in [-0.39, 0.29) is 23.6 Å². The van der Waals surface area contributed by atoms with E-state index in [1.807, 2.05) is 25.1 Å². The number of hydrogen-bond acceptors (Lipinski definition) is 4. The quantitative estimate of drug-likeness (QED) is 0.825. The maximum atomic E-state index is 12.6. The number of anilines is 3. The topological polar surface area (TPSA) is 78.5 Å². The van der Waals surface area contributed by atoms with Crippen LogP contribution in [0.4, 0.5) is 16.4 Å². The normalized spacial score (nSPS) is 16.5. The maximum absolute atomic E-state index is 12.6. The Hall–Kier alpha value is -2.67. The van der Waals surface area contributed by atoms with Crippen LogP contribution in [-0.2, 0) is 9.59 Å². The molecule has 1 aromatic heterocycles. The van der Waals surface area contributed by atoms with Gasteiger partial charge in [0.05, 0.1) is 9.88 Å². The first kappa shape index (κ1) is 17.7. The Balaban J connectivity index is 1.42. The highest BCUT2D eigenvalue weighted by atomic mass is 32.1. The average Bonchev–Trinajstić information content (AvgIpc) is 3.32. The number of carbonyl (C=O) groups excluding carboxylic acids is 3. The van der Waals surface area contributed by atoms with Crippen molar-refractivity contribution >= 4 is 45.4 Å². The molecule has 3 amide bonds. The van der Waals surface area contributed by atoms with Crippen molar-refractivity contribution < 1.29 is 14.4 Å². The summed E-state index contributed by atoms with van der Waals surface area (Å²) < 4.78 is 0. The van der Waals surface area contributed by atoms with Crippen LogP contribution in [0.5, 0.6) is 0 Å². The molecule has 1 saturated heterocycles. The van der Waals surface area contributed by atoms with Gasteiger partial charge in [-0.1, -0.05) is 0 Å².